The molecule has 1 heterocycles. The fourth-order valence-electron chi connectivity index (χ4n) is 1.38. The number of para-hydroxylation sites is 1. The summed E-state index contributed by atoms with van der Waals surface area (Å²) in [6.07, 6.45) is 1.63. The third kappa shape index (κ3) is 2.89. The molecule has 0 radical (unpaired) electrons. The zero-order valence-electron chi connectivity index (χ0n) is 10.1. The predicted octanol–water partition coefficient (Wildman–Crippen LogP) is 1.92. The zero-order chi connectivity index (χ0) is 13.0. The number of rotatable bonds is 4. The largest absolute Gasteiger partial charge is 0.468 e. The molecule has 0 saturated heterocycles. The monoisotopic (exact) mass is 263 g/mol. The molecular formula is C12H13N3O2S. The summed E-state index contributed by atoms with van der Waals surface area (Å²) in [5, 5.41) is 4.53. The van der Waals surface area contributed by atoms with E-state index in [2.05, 4.69) is 14.8 Å². The Labute approximate surface area is 109 Å². The van der Waals surface area contributed by atoms with Crippen LogP contribution in [-0.4, -0.2) is 33.1 Å². The summed E-state index contributed by atoms with van der Waals surface area (Å²) in [4.78, 5) is 15.4. The van der Waals surface area contributed by atoms with Crippen molar-refractivity contribution >= 4 is 17.7 Å². The SMILES string of the molecule is COC(=O)C(C)Sc1ncn(-c2ccccc2)n1. The Balaban J connectivity index is 2.09. The zero-order valence-corrected chi connectivity index (χ0v) is 10.9. The second-order valence-corrected chi connectivity index (χ2v) is 4.90. The van der Waals surface area contributed by atoms with Gasteiger partial charge in [0, 0.05) is 0 Å². The first-order valence-electron chi connectivity index (χ1n) is 5.42. The van der Waals surface area contributed by atoms with Crippen LogP contribution in [0.1, 0.15) is 6.92 Å². The summed E-state index contributed by atoms with van der Waals surface area (Å²) >= 11 is 1.27. The minimum absolute atomic E-state index is 0.281. The first-order chi connectivity index (χ1) is 8.70. The third-order valence-electron chi connectivity index (χ3n) is 2.31. The maximum Gasteiger partial charge on any atom is 0.318 e. The van der Waals surface area contributed by atoms with Crippen molar-refractivity contribution in [1.82, 2.24) is 14.8 Å². The van der Waals surface area contributed by atoms with Gasteiger partial charge in [-0.15, -0.1) is 5.10 Å². The van der Waals surface area contributed by atoms with Crippen LogP contribution in [0.2, 0.25) is 0 Å². The average Bonchev–Trinajstić information content (AvgIpc) is 2.87. The highest BCUT2D eigenvalue weighted by atomic mass is 32.2. The van der Waals surface area contributed by atoms with Crippen molar-refractivity contribution in [2.24, 2.45) is 0 Å². The van der Waals surface area contributed by atoms with Gasteiger partial charge in [-0.3, -0.25) is 4.79 Å². The Hall–Kier alpha value is -1.82. The summed E-state index contributed by atoms with van der Waals surface area (Å²) in [5.41, 5.74) is 0.933. The van der Waals surface area contributed by atoms with Crippen LogP contribution >= 0.6 is 11.8 Å². The number of methoxy groups -OCH3 is 1. The molecule has 1 aromatic carbocycles. The highest BCUT2D eigenvalue weighted by Gasteiger charge is 2.17. The number of aromatic nitrogens is 3. The summed E-state index contributed by atoms with van der Waals surface area (Å²) < 4.78 is 6.33. The highest BCUT2D eigenvalue weighted by molar-refractivity contribution is 8.00. The van der Waals surface area contributed by atoms with Crippen LogP contribution in [0.3, 0.4) is 0 Å². The van der Waals surface area contributed by atoms with Gasteiger partial charge >= 0.3 is 5.97 Å². The molecule has 1 unspecified atom stereocenters. The molecule has 18 heavy (non-hydrogen) atoms. The number of carbonyl (C=O) groups excluding carboxylic acids is 1. The van der Waals surface area contributed by atoms with Crippen LogP contribution < -0.4 is 0 Å². The van der Waals surface area contributed by atoms with Gasteiger partial charge in [0.15, 0.2) is 0 Å². The number of nitrogens with zero attached hydrogens (tertiary/aromatic N) is 3. The van der Waals surface area contributed by atoms with Gasteiger partial charge in [0.25, 0.3) is 0 Å². The minimum atomic E-state index is -0.318. The van der Waals surface area contributed by atoms with Gasteiger partial charge in [-0.1, -0.05) is 30.0 Å². The average molecular weight is 263 g/mol. The van der Waals surface area contributed by atoms with E-state index >= 15 is 0 Å². The van der Waals surface area contributed by atoms with Crippen molar-refractivity contribution in [3.63, 3.8) is 0 Å². The first kappa shape index (κ1) is 12.6. The Morgan fingerprint density at radius 2 is 2.11 bits per heavy atom. The molecule has 0 amide bonds. The molecule has 2 rings (SSSR count). The predicted molar refractivity (Wildman–Crippen MR) is 68.7 cm³/mol. The normalized spacial score (nSPS) is 12.1. The van der Waals surface area contributed by atoms with E-state index in [4.69, 9.17) is 0 Å². The molecule has 1 aromatic heterocycles. The van der Waals surface area contributed by atoms with E-state index in [-0.39, 0.29) is 11.2 Å². The smallest absolute Gasteiger partial charge is 0.318 e. The fraction of sp³-hybridized carbons (Fsp3) is 0.250. The number of hydrogen-bond acceptors (Lipinski definition) is 5. The topological polar surface area (TPSA) is 57.0 Å². The van der Waals surface area contributed by atoms with E-state index in [1.54, 1.807) is 17.9 Å². The Morgan fingerprint density at radius 3 is 2.78 bits per heavy atom. The van der Waals surface area contributed by atoms with Crippen LogP contribution in [-0.2, 0) is 9.53 Å². The van der Waals surface area contributed by atoms with Crippen LogP contribution in [0, 0.1) is 0 Å². The Bertz CT molecular complexity index is 527. The second kappa shape index (κ2) is 5.68. The van der Waals surface area contributed by atoms with Gasteiger partial charge in [0.2, 0.25) is 5.16 Å². The van der Waals surface area contributed by atoms with Gasteiger partial charge in [0.1, 0.15) is 11.6 Å². The maximum atomic E-state index is 11.3. The molecule has 0 aliphatic rings. The quantitative estimate of drug-likeness (QED) is 0.623. The van der Waals surface area contributed by atoms with Crippen LogP contribution in [0.25, 0.3) is 5.69 Å². The maximum absolute atomic E-state index is 11.3. The number of hydrogen-bond donors (Lipinski definition) is 0. The molecule has 0 spiro atoms. The molecule has 0 fully saturated rings. The minimum Gasteiger partial charge on any atom is -0.468 e. The Morgan fingerprint density at radius 1 is 1.39 bits per heavy atom. The number of ether oxygens (including phenoxy) is 1. The number of benzene rings is 1. The van der Waals surface area contributed by atoms with Gasteiger partial charge in [-0.05, 0) is 19.1 Å². The van der Waals surface area contributed by atoms with E-state index < -0.39 is 0 Å². The molecule has 94 valence electrons. The van der Waals surface area contributed by atoms with Crippen molar-refractivity contribution in [2.75, 3.05) is 7.11 Å². The van der Waals surface area contributed by atoms with Gasteiger partial charge < -0.3 is 4.74 Å². The van der Waals surface area contributed by atoms with Crippen LogP contribution in [0.5, 0.6) is 0 Å². The second-order valence-electron chi connectivity index (χ2n) is 3.59. The molecule has 1 atom stereocenters. The summed E-state index contributed by atoms with van der Waals surface area (Å²) in [6, 6.07) is 9.68. The molecular weight excluding hydrogens is 250 g/mol. The molecule has 0 aliphatic carbocycles. The van der Waals surface area contributed by atoms with E-state index in [9.17, 15) is 4.79 Å². The van der Waals surface area contributed by atoms with Gasteiger partial charge in [-0.2, -0.15) is 0 Å². The summed E-state index contributed by atoms with van der Waals surface area (Å²) in [7, 11) is 1.37. The lowest BCUT2D eigenvalue weighted by Gasteiger charge is -2.04. The summed E-state index contributed by atoms with van der Waals surface area (Å²) in [6.45, 7) is 1.76. The highest BCUT2D eigenvalue weighted by Crippen LogP contribution is 2.20. The molecule has 0 bridgehead atoms. The number of carbonyl (C=O) groups is 1. The molecule has 0 N–H and O–H groups in total. The van der Waals surface area contributed by atoms with Crippen molar-refractivity contribution in [3.05, 3.63) is 36.7 Å². The lowest BCUT2D eigenvalue weighted by atomic mass is 10.3. The van der Waals surface area contributed by atoms with Gasteiger partial charge in [-0.25, -0.2) is 9.67 Å². The van der Waals surface area contributed by atoms with Gasteiger partial charge in [0.05, 0.1) is 12.8 Å². The lowest BCUT2D eigenvalue weighted by molar-refractivity contribution is -0.139. The van der Waals surface area contributed by atoms with E-state index in [0.29, 0.717) is 5.16 Å². The van der Waals surface area contributed by atoms with E-state index in [1.807, 2.05) is 30.3 Å². The van der Waals surface area contributed by atoms with Crippen LogP contribution in [0.4, 0.5) is 0 Å². The van der Waals surface area contributed by atoms with Crippen LogP contribution in [0.15, 0.2) is 41.8 Å². The van der Waals surface area contributed by atoms with E-state index in [0.717, 1.165) is 5.69 Å². The standard InChI is InChI=1S/C12H13N3O2S/c1-9(11(16)17-2)18-12-13-8-15(14-12)10-6-4-3-5-7-10/h3-9H,1-2H3. The van der Waals surface area contributed by atoms with Crippen molar-refractivity contribution < 1.29 is 9.53 Å². The Kier molecular flexibility index (Phi) is 3.99. The first-order valence-corrected chi connectivity index (χ1v) is 6.30. The fourth-order valence-corrected chi connectivity index (χ4v) is 2.13. The molecule has 0 saturated carbocycles. The third-order valence-corrected chi connectivity index (χ3v) is 3.25. The molecule has 0 aliphatic heterocycles. The lowest BCUT2D eigenvalue weighted by Crippen LogP contribution is -2.14. The van der Waals surface area contributed by atoms with Crippen molar-refractivity contribution in [2.45, 2.75) is 17.3 Å². The van der Waals surface area contributed by atoms with E-state index in [1.165, 1.54) is 18.9 Å². The van der Waals surface area contributed by atoms with Crippen molar-refractivity contribution in [3.8, 4) is 5.69 Å². The molecule has 5 nitrogen and oxygen atoms in total. The van der Waals surface area contributed by atoms with Crippen molar-refractivity contribution in [1.29, 1.82) is 0 Å². The summed E-state index contributed by atoms with van der Waals surface area (Å²) in [5.74, 6) is -0.281. The molecule has 2 aromatic rings. The molecule has 6 heteroatoms. The number of esters is 1. The number of thioether (sulfide) groups is 1.